The molecular weight excluding hydrogens is 530 g/mol. The number of carbonyl (C=O) groups is 1. The van der Waals surface area contributed by atoms with Crippen molar-refractivity contribution in [2.45, 2.75) is 29.8 Å². The van der Waals surface area contributed by atoms with Crippen LogP contribution in [0.4, 0.5) is 5.69 Å². The van der Waals surface area contributed by atoms with Crippen LogP contribution >= 0.6 is 0 Å². The molecule has 1 atom stereocenters. The number of amides is 1. The van der Waals surface area contributed by atoms with Gasteiger partial charge in [-0.15, -0.1) is 0 Å². The zero-order valence-corrected chi connectivity index (χ0v) is 23.6. The van der Waals surface area contributed by atoms with E-state index >= 15 is 0 Å². The molecule has 212 valence electrons. The van der Waals surface area contributed by atoms with E-state index in [-0.39, 0.29) is 42.7 Å². The van der Waals surface area contributed by atoms with Gasteiger partial charge >= 0.3 is 0 Å². The zero-order valence-electron chi connectivity index (χ0n) is 22.7. The number of benzene rings is 3. The second-order valence-corrected chi connectivity index (χ2v) is 11.9. The fourth-order valence-corrected chi connectivity index (χ4v) is 5.62. The smallest absolute Gasteiger partial charge is 0.251 e. The van der Waals surface area contributed by atoms with Crippen molar-refractivity contribution in [2.75, 3.05) is 44.6 Å². The number of ether oxygens (including phenoxy) is 2. The lowest BCUT2D eigenvalue weighted by atomic mass is 9.97. The molecule has 0 saturated carbocycles. The van der Waals surface area contributed by atoms with Gasteiger partial charge in [0.05, 0.1) is 17.3 Å². The number of aliphatic hydroxyl groups excluding tert-OH is 1. The number of nitrogens with one attached hydrogen (secondary N) is 1. The molecule has 1 heterocycles. The largest absolute Gasteiger partial charge is 0.494 e. The monoisotopic (exact) mass is 565 g/mol. The van der Waals surface area contributed by atoms with Crippen LogP contribution in [-0.4, -0.2) is 70.5 Å². The van der Waals surface area contributed by atoms with Gasteiger partial charge in [-0.1, -0.05) is 30.3 Å². The van der Waals surface area contributed by atoms with Gasteiger partial charge in [0.1, 0.15) is 12.4 Å². The summed E-state index contributed by atoms with van der Waals surface area (Å²) < 4.78 is 37.6. The molecule has 1 amide bonds. The van der Waals surface area contributed by atoms with E-state index in [0.717, 1.165) is 11.3 Å². The number of nitrogens with zero attached hydrogens (tertiary/aromatic N) is 2. The van der Waals surface area contributed by atoms with Gasteiger partial charge in [-0.05, 0) is 60.5 Å². The number of hydrogen-bond donors (Lipinski definition) is 2. The third-order valence-electron chi connectivity index (χ3n) is 6.65. The van der Waals surface area contributed by atoms with E-state index < -0.39 is 21.3 Å². The summed E-state index contributed by atoms with van der Waals surface area (Å²) in [7, 11) is 0.270. The minimum absolute atomic E-state index is 0.0402. The molecular formula is C30H35N3O6S. The van der Waals surface area contributed by atoms with Gasteiger partial charge in [-0.3, -0.25) is 4.79 Å². The van der Waals surface area contributed by atoms with Crippen molar-refractivity contribution < 1.29 is 27.8 Å². The van der Waals surface area contributed by atoms with Crippen molar-refractivity contribution in [2.24, 2.45) is 4.99 Å². The van der Waals surface area contributed by atoms with E-state index in [9.17, 15) is 13.2 Å². The highest BCUT2D eigenvalue weighted by Gasteiger charge is 2.45. The van der Waals surface area contributed by atoms with Gasteiger partial charge in [-0.2, -0.15) is 0 Å². The van der Waals surface area contributed by atoms with Gasteiger partial charge < -0.3 is 24.8 Å². The lowest BCUT2D eigenvalue weighted by Gasteiger charge is -2.23. The fraction of sp³-hybridized carbons (Fsp3) is 0.333. The molecule has 4 rings (SSSR count). The molecule has 9 nitrogen and oxygen atoms in total. The molecule has 2 N–H and O–H groups in total. The van der Waals surface area contributed by atoms with Crippen LogP contribution in [0.25, 0.3) is 0 Å². The molecule has 0 saturated heterocycles. The SMILES string of the molecule is CN(C)c1ccc(CNC(=O)[C@@]2(CCS(=O)(=O)c3ccccc3)COC(c3ccc(OCCCO)cc3)=N2)cc1. The van der Waals surface area contributed by atoms with Crippen molar-refractivity contribution in [3.63, 3.8) is 0 Å². The molecule has 3 aromatic rings. The first kappa shape index (κ1) is 29.1. The summed E-state index contributed by atoms with van der Waals surface area (Å²) in [5, 5.41) is 11.9. The Morgan fingerprint density at radius 1 is 1.05 bits per heavy atom. The lowest BCUT2D eigenvalue weighted by molar-refractivity contribution is -0.126. The standard InChI is InChI=1S/C30H35N3O6S/c1-33(2)25-13-9-23(10-14-25)21-31-29(35)30(17-20-40(36,37)27-7-4-3-5-8-27)22-39-28(32-30)24-11-15-26(16-12-24)38-19-6-18-34/h3-5,7-16,34H,6,17-22H2,1-2H3,(H,31,35)/t30-/m1/s1. The normalized spacial score (nSPS) is 16.6. The third-order valence-corrected chi connectivity index (χ3v) is 8.38. The molecule has 0 bridgehead atoms. The Bertz CT molecular complexity index is 1410. The van der Waals surface area contributed by atoms with Crippen LogP contribution in [0, 0.1) is 0 Å². The Morgan fingerprint density at radius 2 is 1.75 bits per heavy atom. The van der Waals surface area contributed by atoms with Gasteiger partial charge in [0.25, 0.3) is 5.91 Å². The van der Waals surface area contributed by atoms with Crippen molar-refractivity contribution >= 4 is 27.3 Å². The highest BCUT2D eigenvalue weighted by Crippen LogP contribution is 2.29. The topological polar surface area (TPSA) is 118 Å². The van der Waals surface area contributed by atoms with Crippen molar-refractivity contribution in [3.8, 4) is 5.75 Å². The predicted molar refractivity (Wildman–Crippen MR) is 155 cm³/mol. The fourth-order valence-electron chi connectivity index (χ4n) is 4.21. The molecule has 0 fully saturated rings. The Balaban J connectivity index is 1.54. The summed E-state index contributed by atoms with van der Waals surface area (Å²) in [5.41, 5.74) is 1.19. The average molecular weight is 566 g/mol. The van der Waals surface area contributed by atoms with Crippen LogP contribution < -0.4 is 15.0 Å². The van der Waals surface area contributed by atoms with Gasteiger partial charge in [0.15, 0.2) is 15.4 Å². The molecule has 0 aromatic heterocycles. The van der Waals surface area contributed by atoms with Crippen molar-refractivity contribution in [1.29, 1.82) is 0 Å². The summed E-state index contributed by atoms with van der Waals surface area (Å²) in [5.74, 6) is 0.240. The third kappa shape index (κ3) is 7.19. The maximum Gasteiger partial charge on any atom is 0.251 e. The summed E-state index contributed by atoms with van der Waals surface area (Å²) in [6.07, 6.45) is 0.488. The van der Waals surface area contributed by atoms with Gasteiger partial charge in [-0.25, -0.2) is 13.4 Å². The summed E-state index contributed by atoms with van der Waals surface area (Å²) in [4.78, 5) is 20.5. The van der Waals surface area contributed by atoms with Crippen LogP contribution in [0.15, 0.2) is 88.8 Å². The van der Waals surface area contributed by atoms with Crippen molar-refractivity contribution in [3.05, 3.63) is 90.0 Å². The number of hydrogen-bond acceptors (Lipinski definition) is 8. The molecule has 40 heavy (non-hydrogen) atoms. The minimum atomic E-state index is -3.64. The second kappa shape index (κ2) is 13.0. The Labute approximate surface area is 235 Å². The van der Waals surface area contributed by atoms with E-state index in [0.29, 0.717) is 24.3 Å². The van der Waals surface area contributed by atoms with E-state index in [1.54, 1.807) is 54.6 Å². The molecule has 0 unspecified atom stereocenters. The summed E-state index contributed by atoms with van der Waals surface area (Å²) in [6, 6.07) is 23.1. The van der Waals surface area contributed by atoms with E-state index in [2.05, 4.69) is 10.3 Å². The van der Waals surface area contributed by atoms with E-state index in [1.807, 2.05) is 43.3 Å². The number of rotatable bonds is 13. The van der Waals surface area contributed by atoms with Crippen LogP contribution in [0.2, 0.25) is 0 Å². The summed E-state index contributed by atoms with van der Waals surface area (Å²) in [6.45, 7) is 0.635. The van der Waals surface area contributed by atoms with Crippen LogP contribution in [0.1, 0.15) is 24.0 Å². The van der Waals surface area contributed by atoms with Gasteiger partial charge in [0.2, 0.25) is 5.90 Å². The summed E-state index contributed by atoms with van der Waals surface area (Å²) >= 11 is 0. The maximum atomic E-state index is 13.6. The van der Waals surface area contributed by atoms with E-state index in [1.165, 1.54) is 0 Å². The molecule has 0 spiro atoms. The number of carbonyl (C=O) groups excluding carboxylic acids is 1. The molecule has 1 aliphatic heterocycles. The molecule has 1 aliphatic rings. The van der Waals surface area contributed by atoms with Crippen LogP contribution in [0.3, 0.4) is 0 Å². The highest BCUT2D eigenvalue weighted by molar-refractivity contribution is 7.91. The molecule has 10 heteroatoms. The Hall–Kier alpha value is -3.89. The number of aliphatic imine (C=N–C) groups is 1. The first-order valence-corrected chi connectivity index (χ1v) is 14.8. The quantitative estimate of drug-likeness (QED) is 0.306. The lowest BCUT2D eigenvalue weighted by Crippen LogP contribution is -2.47. The number of aliphatic hydroxyl groups is 1. The number of sulfone groups is 1. The first-order valence-electron chi connectivity index (χ1n) is 13.1. The Kier molecular flexibility index (Phi) is 9.44. The zero-order chi connectivity index (χ0) is 28.6. The maximum absolute atomic E-state index is 13.6. The first-order chi connectivity index (χ1) is 19.2. The molecule has 0 aliphatic carbocycles. The molecule has 0 radical (unpaired) electrons. The van der Waals surface area contributed by atoms with Crippen LogP contribution in [0.5, 0.6) is 5.75 Å². The van der Waals surface area contributed by atoms with Crippen molar-refractivity contribution in [1.82, 2.24) is 5.32 Å². The molecule has 3 aromatic carbocycles. The average Bonchev–Trinajstić information content (AvgIpc) is 3.42. The second-order valence-electron chi connectivity index (χ2n) is 9.81. The highest BCUT2D eigenvalue weighted by atomic mass is 32.2. The predicted octanol–water partition coefficient (Wildman–Crippen LogP) is 3.21. The number of anilines is 1. The van der Waals surface area contributed by atoms with E-state index in [4.69, 9.17) is 14.6 Å². The Morgan fingerprint density at radius 3 is 2.40 bits per heavy atom. The van der Waals surface area contributed by atoms with Crippen LogP contribution in [-0.2, 0) is 25.9 Å². The van der Waals surface area contributed by atoms with Gasteiger partial charge in [0, 0.05) is 44.9 Å². The minimum Gasteiger partial charge on any atom is -0.494 e.